The molecule has 0 saturated carbocycles. The summed E-state index contributed by atoms with van der Waals surface area (Å²) in [7, 11) is 7.90. The zero-order valence-corrected chi connectivity index (χ0v) is 26.9. The lowest BCUT2D eigenvalue weighted by molar-refractivity contribution is 0.100. The first kappa shape index (κ1) is 31.8. The van der Waals surface area contributed by atoms with Crippen molar-refractivity contribution in [1.29, 1.82) is 0 Å². The van der Waals surface area contributed by atoms with Crippen LogP contribution in [0.3, 0.4) is 0 Å². The minimum Gasteiger partial charge on any atom is -0.381 e. The van der Waals surface area contributed by atoms with Gasteiger partial charge in [0.1, 0.15) is 0 Å². The molecule has 4 rings (SSSR count). The Morgan fingerprint density at radius 3 is 2.38 bits per heavy atom. The number of thiol groups is 1. The molecule has 1 amide bonds. The van der Waals surface area contributed by atoms with Gasteiger partial charge in [-0.2, -0.15) is 0 Å². The van der Waals surface area contributed by atoms with Gasteiger partial charge >= 0.3 is 0 Å². The standard InChI is InChI=1S/C32H43N3O.C2H7NS/c1-8-10-11-12-21(3)29-27-16-14-24(31(33)36)18-28(27)35-20-32(5,22(4)34(6)7)19-25-17-23(9-2)13-15-26(25)30(29)35;1-3(2)4/h13-18,21H,4,8-12,19-20H2,1-3,5-7H3,(H2,33,36);4H,1-2H3. The van der Waals surface area contributed by atoms with E-state index in [1.807, 2.05) is 26.2 Å². The van der Waals surface area contributed by atoms with Gasteiger partial charge in [-0.25, -0.2) is 0 Å². The van der Waals surface area contributed by atoms with Crippen molar-refractivity contribution in [2.75, 3.05) is 28.2 Å². The van der Waals surface area contributed by atoms with Crippen LogP contribution in [0.25, 0.3) is 22.2 Å². The molecule has 0 bridgehead atoms. The summed E-state index contributed by atoms with van der Waals surface area (Å²) in [6.07, 6.45) is 6.79. The molecule has 218 valence electrons. The maximum Gasteiger partial charge on any atom is 0.248 e. The van der Waals surface area contributed by atoms with Crippen molar-refractivity contribution in [3.05, 3.63) is 70.9 Å². The van der Waals surface area contributed by atoms with Gasteiger partial charge in [0, 0.05) is 53.8 Å². The van der Waals surface area contributed by atoms with Crippen LogP contribution >= 0.6 is 12.8 Å². The highest BCUT2D eigenvalue weighted by atomic mass is 32.1. The average molecular weight is 563 g/mol. The number of primary amides is 1. The van der Waals surface area contributed by atoms with Gasteiger partial charge in [-0.1, -0.05) is 90.6 Å². The Morgan fingerprint density at radius 2 is 1.80 bits per heavy atom. The Labute approximate surface area is 248 Å². The highest BCUT2D eigenvalue weighted by Crippen LogP contribution is 2.48. The molecule has 2 N–H and O–H groups in total. The molecule has 5 nitrogen and oxygen atoms in total. The molecule has 2 unspecified atom stereocenters. The predicted molar refractivity (Wildman–Crippen MR) is 175 cm³/mol. The minimum absolute atomic E-state index is 0.173. The Morgan fingerprint density at radius 1 is 1.12 bits per heavy atom. The second kappa shape index (κ2) is 13.3. The summed E-state index contributed by atoms with van der Waals surface area (Å²) in [6, 6.07) is 13.1. The molecule has 0 radical (unpaired) electrons. The third kappa shape index (κ3) is 6.77. The topological polar surface area (TPSA) is 54.5 Å². The van der Waals surface area contributed by atoms with Crippen molar-refractivity contribution in [3.8, 4) is 11.3 Å². The molecule has 0 saturated heterocycles. The molecule has 0 spiro atoms. The number of allylic oxidation sites excluding steroid dienone is 1. The molecular formula is C34H50N4OS. The van der Waals surface area contributed by atoms with E-state index in [2.05, 4.69) is 94.9 Å². The monoisotopic (exact) mass is 562 g/mol. The number of nitrogens with zero attached hydrogens (tertiary/aromatic N) is 3. The molecule has 1 aliphatic rings. The van der Waals surface area contributed by atoms with E-state index in [0.717, 1.165) is 37.0 Å². The van der Waals surface area contributed by atoms with Gasteiger partial charge in [-0.05, 0) is 68.1 Å². The van der Waals surface area contributed by atoms with Crippen LogP contribution in [0.4, 0.5) is 0 Å². The number of unbranched alkanes of at least 4 members (excludes halogenated alkanes) is 2. The Balaban J connectivity index is 0.00000103. The minimum atomic E-state index is -0.382. The number of carbonyl (C=O) groups is 1. The second-order valence-corrected chi connectivity index (χ2v) is 12.9. The van der Waals surface area contributed by atoms with Gasteiger partial charge < -0.3 is 15.2 Å². The number of aryl methyl sites for hydroxylation is 1. The Hall–Kier alpha value is -2.70. The van der Waals surface area contributed by atoms with Gasteiger partial charge in [-0.15, -0.1) is 0 Å². The van der Waals surface area contributed by atoms with Crippen LogP contribution in [0.5, 0.6) is 0 Å². The first-order valence-corrected chi connectivity index (χ1v) is 15.1. The molecule has 3 aromatic rings. The van der Waals surface area contributed by atoms with Gasteiger partial charge in [0.2, 0.25) is 5.91 Å². The van der Waals surface area contributed by atoms with E-state index in [4.69, 9.17) is 5.73 Å². The molecule has 2 aromatic carbocycles. The van der Waals surface area contributed by atoms with E-state index < -0.39 is 0 Å². The number of amides is 1. The average Bonchev–Trinajstić information content (AvgIpc) is 3.13. The predicted octanol–water partition coefficient (Wildman–Crippen LogP) is 7.68. The van der Waals surface area contributed by atoms with Crippen molar-refractivity contribution in [3.63, 3.8) is 0 Å². The molecule has 6 heteroatoms. The summed E-state index contributed by atoms with van der Waals surface area (Å²) >= 11 is 3.80. The molecule has 2 heterocycles. The van der Waals surface area contributed by atoms with Crippen LogP contribution in [-0.4, -0.2) is 47.9 Å². The summed E-state index contributed by atoms with van der Waals surface area (Å²) in [5.74, 6) is 0.0295. The van der Waals surface area contributed by atoms with E-state index >= 15 is 0 Å². The number of benzene rings is 2. The SMILES string of the molecule is C=C(N(C)C)C1(C)Cc2cc(CC)ccc2-c2c(C(C)CCCCC)c3ccc(C(N)=O)cc3n2C1.CN(C)S. The van der Waals surface area contributed by atoms with Gasteiger partial charge in [0.25, 0.3) is 0 Å². The summed E-state index contributed by atoms with van der Waals surface area (Å²) < 4.78 is 4.17. The van der Waals surface area contributed by atoms with Crippen molar-refractivity contribution in [1.82, 2.24) is 13.8 Å². The Bertz CT molecular complexity index is 1350. The largest absolute Gasteiger partial charge is 0.381 e. The van der Waals surface area contributed by atoms with Crippen molar-refractivity contribution in [2.45, 2.75) is 78.7 Å². The first-order valence-electron chi connectivity index (χ1n) is 14.7. The maximum atomic E-state index is 12.2. The molecule has 2 atom stereocenters. The molecule has 40 heavy (non-hydrogen) atoms. The van der Waals surface area contributed by atoms with Gasteiger partial charge in [0.05, 0.1) is 5.69 Å². The number of hydrogen-bond donors (Lipinski definition) is 2. The lowest BCUT2D eigenvalue weighted by Crippen LogP contribution is -2.33. The zero-order valence-electron chi connectivity index (χ0n) is 26.0. The van der Waals surface area contributed by atoms with Gasteiger partial charge in [0.15, 0.2) is 0 Å². The Kier molecular flexibility index (Phi) is 10.6. The number of rotatable bonds is 9. The van der Waals surface area contributed by atoms with Crippen LogP contribution in [0.1, 0.15) is 86.3 Å². The fraction of sp³-hybridized carbons (Fsp3) is 0.500. The van der Waals surface area contributed by atoms with Crippen LogP contribution < -0.4 is 5.73 Å². The van der Waals surface area contributed by atoms with Gasteiger partial charge in [-0.3, -0.25) is 9.10 Å². The normalized spacial score (nSPS) is 16.9. The molecule has 1 aliphatic heterocycles. The number of aromatic nitrogens is 1. The highest BCUT2D eigenvalue weighted by molar-refractivity contribution is 7.77. The van der Waals surface area contributed by atoms with E-state index in [-0.39, 0.29) is 11.3 Å². The first-order chi connectivity index (χ1) is 18.8. The lowest BCUT2D eigenvalue weighted by atomic mass is 9.79. The highest BCUT2D eigenvalue weighted by Gasteiger charge is 2.37. The molecular weight excluding hydrogens is 512 g/mol. The fourth-order valence-electron chi connectivity index (χ4n) is 6.13. The summed E-state index contributed by atoms with van der Waals surface area (Å²) in [6.45, 7) is 14.5. The summed E-state index contributed by atoms with van der Waals surface area (Å²) in [5.41, 5.74) is 15.1. The molecule has 0 aliphatic carbocycles. The third-order valence-corrected chi connectivity index (χ3v) is 8.28. The van der Waals surface area contributed by atoms with Crippen molar-refractivity contribution in [2.24, 2.45) is 11.1 Å². The van der Waals surface area contributed by atoms with Crippen LogP contribution in [0.15, 0.2) is 48.7 Å². The third-order valence-electron chi connectivity index (χ3n) is 8.28. The van der Waals surface area contributed by atoms with E-state index in [0.29, 0.717) is 11.5 Å². The summed E-state index contributed by atoms with van der Waals surface area (Å²) in [4.78, 5) is 14.3. The maximum absolute atomic E-state index is 12.2. The number of nitrogens with two attached hydrogens (primary N) is 1. The second-order valence-electron chi connectivity index (χ2n) is 12.1. The van der Waals surface area contributed by atoms with E-state index in [1.54, 1.807) is 4.31 Å². The quantitative estimate of drug-likeness (QED) is 0.208. The molecule has 1 aromatic heterocycles. The van der Waals surface area contributed by atoms with Crippen molar-refractivity contribution < 1.29 is 4.79 Å². The number of fused-ring (bicyclic) bond motifs is 5. The van der Waals surface area contributed by atoms with Crippen LogP contribution in [0, 0.1) is 5.41 Å². The van der Waals surface area contributed by atoms with Crippen molar-refractivity contribution >= 4 is 29.6 Å². The summed E-state index contributed by atoms with van der Waals surface area (Å²) in [5, 5.41) is 1.24. The van der Waals surface area contributed by atoms with Crippen LogP contribution in [0.2, 0.25) is 0 Å². The number of hydrogen-bond acceptors (Lipinski definition) is 4. The lowest BCUT2D eigenvalue weighted by Gasteiger charge is -2.35. The van der Waals surface area contributed by atoms with Crippen LogP contribution in [-0.2, 0) is 19.4 Å². The smallest absolute Gasteiger partial charge is 0.248 e. The zero-order chi connectivity index (χ0) is 29.8. The van der Waals surface area contributed by atoms with E-state index in [1.165, 1.54) is 52.6 Å². The fourth-order valence-corrected chi connectivity index (χ4v) is 6.13. The molecule has 0 fully saturated rings. The van der Waals surface area contributed by atoms with E-state index in [9.17, 15) is 4.79 Å². The number of carbonyl (C=O) groups excluding carboxylic acids is 1.